The van der Waals surface area contributed by atoms with Gasteiger partial charge in [0.2, 0.25) is 0 Å². The minimum Gasteiger partial charge on any atom is -0.301 e. The van der Waals surface area contributed by atoms with Crippen molar-refractivity contribution in [1.29, 1.82) is 0 Å². The van der Waals surface area contributed by atoms with Crippen molar-refractivity contribution in [1.82, 2.24) is 14.7 Å². The number of carbonyl (C=O) groups excluding carboxylic acids is 1. The van der Waals surface area contributed by atoms with Crippen LogP contribution in [0, 0.1) is 11.3 Å². The number of hydrogen-bond donors (Lipinski definition) is 0. The average molecular weight is 338 g/mol. The van der Waals surface area contributed by atoms with Crippen molar-refractivity contribution >= 4 is 5.78 Å². The molecule has 2 aliphatic rings. The molecule has 2 saturated heterocycles. The van der Waals surface area contributed by atoms with E-state index >= 15 is 0 Å². The summed E-state index contributed by atoms with van der Waals surface area (Å²) >= 11 is 0. The molecule has 2 fully saturated rings. The molecule has 0 bridgehead atoms. The van der Waals surface area contributed by atoms with E-state index in [4.69, 9.17) is 0 Å². The number of hydrogen-bond acceptors (Lipinski definition) is 4. The van der Waals surface area contributed by atoms with Crippen molar-refractivity contribution in [2.24, 2.45) is 11.3 Å². The fraction of sp³-hybridized carbons (Fsp3) is 0.950. The third-order valence-electron chi connectivity index (χ3n) is 5.76. The molecule has 4 heteroatoms. The number of likely N-dealkylation sites (tertiary alicyclic amines) is 1. The van der Waals surface area contributed by atoms with Gasteiger partial charge in [0.1, 0.15) is 0 Å². The van der Waals surface area contributed by atoms with Crippen LogP contribution in [0.15, 0.2) is 0 Å². The molecule has 0 aliphatic carbocycles. The van der Waals surface area contributed by atoms with Gasteiger partial charge in [-0.05, 0) is 52.6 Å². The van der Waals surface area contributed by atoms with E-state index in [0.29, 0.717) is 17.9 Å². The fourth-order valence-electron chi connectivity index (χ4n) is 3.65. The number of rotatable bonds is 5. The number of ketones is 1. The Kier molecular flexibility index (Phi) is 6.49. The van der Waals surface area contributed by atoms with Crippen LogP contribution < -0.4 is 0 Å². The minimum atomic E-state index is -0.210. The number of nitrogens with zero attached hydrogens (tertiary/aromatic N) is 3. The van der Waals surface area contributed by atoms with Crippen molar-refractivity contribution in [2.75, 3.05) is 52.4 Å². The summed E-state index contributed by atoms with van der Waals surface area (Å²) in [5.74, 6) is 1.23. The van der Waals surface area contributed by atoms with Crippen molar-refractivity contribution in [2.45, 2.75) is 59.9 Å². The van der Waals surface area contributed by atoms with Gasteiger partial charge >= 0.3 is 0 Å². The molecule has 0 saturated carbocycles. The van der Waals surface area contributed by atoms with Crippen molar-refractivity contribution in [3.05, 3.63) is 0 Å². The Hall–Kier alpha value is -0.450. The molecule has 2 rings (SSSR count). The van der Waals surface area contributed by atoms with E-state index in [1.165, 1.54) is 32.5 Å². The minimum absolute atomic E-state index is 0.210. The van der Waals surface area contributed by atoms with Crippen LogP contribution in [0.3, 0.4) is 0 Å². The summed E-state index contributed by atoms with van der Waals surface area (Å²) < 4.78 is 0. The summed E-state index contributed by atoms with van der Waals surface area (Å²) in [6.45, 7) is 21.7. The van der Waals surface area contributed by atoms with E-state index in [1.54, 1.807) is 0 Å². The largest absolute Gasteiger partial charge is 0.301 e. The lowest BCUT2D eigenvalue weighted by Gasteiger charge is -2.36. The standard InChI is InChI=1S/C20H39N3O/c1-19(2,3)18(24)16-22-13-11-21(12-14-22)9-7-17-8-10-23(15-17)20(4,5)6/h17H,7-16H2,1-6H3. The molecule has 1 atom stereocenters. The van der Waals surface area contributed by atoms with Crippen LogP contribution in [0.25, 0.3) is 0 Å². The molecule has 0 aromatic heterocycles. The van der Waals surface area contributed by atoms with Gasteiger partial charge in [-0.2, -0.15) is 0 Å². The summed E-state index contributed by atoms with van der Waals surface area (Å²) in [5.41, 5.74) is 0.110. The summed E-state index contributed by atoms with van der Waals surface area (Å²) in [7, 11) is 0. The van der Waals surface area contributed by atoms with Crippen LogP contribution in [-0.2, 0) is 4.79 Å². The molecule has 1 unspecified atom stereocenters. The van der Waals surface area contributed by atoms with Gasteiger partial charge in [0.25, 0.3) is 0 Å². The molecule has 140 valence electrons. The Morgan fingerprint density at radius 3 is 2.00 bits per heavy atom. The maximum Gasteiger partial charge on any atom is 0.152 e. The van der Waals surface area contributed by atoms with Crippen molar-refractivity contribution in [3.8, 4) is 0 Å². The predicted octanol–water partition coefficient (Wildman–Crippen LogP) is 2.73. The van der Waals surface area contributed by atoms with Gasteiger partial charge in [0.05, 0.1) is 6.54 Å². The third-order valence-corrected chi connectivity index (χ3v) is 5.76. The van der Waals surface area contributed by atoms with Crippen LogP contribution >= 0.6 is 0 Å². The Balaban J connectivity index is 1.65. The fourth-order valence-corrected chi connectivity index (χ4v) is 3.65. The van der Waals surface area contributed by atoms with E-state index in [-0.39, 0.29) is 5.41 Å². The van der Waals surface area contributed by atoms with Crippen LogP contribution in [0.2, 0.25) is 0 Å². The summed E-state index contributed by atoms with van der Waals surface area (Å²) in [6.07, 6.45) is 2.69. The highest BCUT2D eigenvalue weighted by Gasteiger charge is 2.30. The molecule has 0 radical (unpaired) electrons. The first kappa shape index (κ1) is 19.9. The second-order valence-electron chi connectivity index (χ2n) is 9.85. The smallest absolute Gasteiger partial charge is 0.152 e. The lowest BCUT2D eigenvalue weighted by Crippen LogP contribution is -2.49. The van der Waals surface area contributed by atoms with E-state index in [1.807, 2.05) is 20.8 Å². The second-order valence-corrected chi connectivity index (χ2v) is 9.85. The number of piperazine rings is 1. The second kappa shape index (κ2) is 7.84. The Morgan fingerprint density at radius 1 is 0.917 bits per heavy atom. The van der Waals surface area contributed by atoms with E-state index in [0.717, 1.165) is 32.1 Å². The molecular weight excluding hydrogens is 298 g/mol. The molecule has 2 heterocycles. The number of Topliss-reactive ketones (excluding diaryl/α,β-unsaturated/α-hetero) is 1. The zero-order chi connectivity index (χ0) is 18.0. The normalized spacial score (nSPS) is 25.3. The van der Waals surface area contributed by atoms with E-state index in [9.17, 15) is 4.79 Å². The molecule has 0 aromatic carbocycles. The Bertz CT molecular complexity index is 414. The first-order chi connectivity index (χ1) is 11.1. The molecule has 2 aliphatic heterocycles. The van der Waals surface area contributed by atoms with Gasteiger partial charge in [-0.1, -0.05) is 20.8 Å². The molecule has 0 amide bonds. The average Bonchev–Trinajstić information content (AvgIpc) is 2.94. The van der Waals surface area contributed by atoms with Gasteiger partial charge in [0.15, 0.2) is 5.78 Å². The van der Waals surface area contributed by atoms with Crippen molar-refractivity contribution in [3.63, 3.8) is 0 Å². The van der Waals surface area contributed by atoms with Crippen LogP contribution in [0.5, 0.6) is 0 Å². The van der Waals surface area contributed by atoms with Gasteiger partial charge < -0.3 is 4.90 Å². The first-order valence-corrected chi connectivity index (χ1v) is 9.79. The van der Waals surface area contributed by atoms with E-state index < -0.39 is 0 Å². The monoisotopic (exact) mass is 337 g/mol. The Morgan fingerprint density at radius 2 is 1.50 bits per heavy atom. The molecular formula is C20H39N3O. The zero-order valence-electron chi connectivity index (χ0n) is 16.9. The summed E-state index contributed by atoms with van der Waals surface area (Å²) in [4.78, 5) is 19.7. The third kappa shape index (κ3) is 5.82. The maximum atomic E-state index is 12.2. The molecule has 0 aromatic rings. The number of carbonyl (C=O) groups is 1. The maximum absolute atomic E-state index is 12.2. The highest BCUT2D eigenvalue weighted by Crippen LogP contribution is 2.26. The van der Waals surface area contributed by atoms with Crippen LogP contribution in [0.4, 0.5) is 0 Å². The Labute approximate surface area is 149 Å². The zero-order valence-corrected chi connectivity index (χ0v) is 16.9. The van der Waals surface area contributed by atoms with Gasteiger partial charge in [-0.25, -0.2) is 0 Å². The molecule has 24 heavy (non-hydrogen) atoms. The predicted molar refractivity (Wildman–Crippen MR) is 101 cm³/mol. The van der Waals surface area contributed by atoms with Gasteiger partial charge in [0, 0.05) is 43.7 Å². The SMILES string of the molecule is CC(C)(C)C(=O)CN1CCN(CCC2CCN(C(C)(C)C)C2)CC1. The highest BCUT2D eigenvalue weighted by atomic mass is 16.1. The van der Waals surface area contributed by atoms with Gasteiger partial charge in [-0.15, -0.1) is 0 Å². The lowest BCUT2D eigenvalue weighted by atomic mass is 9.90. The molecule has 0 N–H and O–H groups in total. The first-order valence-electron chi connectivity index (χ1n) is 9.79. The summed E-state index contributed by atoms with van der Waals surface area (Å²) in [5, 5.41) is 0. The van der Waals surface area contributed by atoms with Crippen molar-refractivity contribution < 1.29 is 4.79 Å². The van der Waals surface area contributed by atoms with Crippen LogP contribution in [-0.4, -0.2) is 78.4 Å². The van der Waals surface area contributed by atoms with Gasteiger partial charge in [-0.3, -0.25) is 14.6 Å². The topological polar surface area (TPSA) is 26.8 Å². The van der Waals surface area contributed by atoms with Crippen LogP contribution in [0.1, 0.15) is 54.4 Å². The summed E-state index contributed by atoms with van der Waals surface area (Å²) in [6, 6.07) is 0. The molecule has 0 spiro atoms. The van der Waals surface area contributed by atoms with E-state index in [2.05, 4.69) is 35.5 Å². The lowest BCUT2D eigenvalue weighted by molar-refractivity contribution is -0.127. The molecule has 4 nitrogen and oxygen atoms in total. The quantitative estimate of drug-likeness (QED) is 0.771. The highest BCUT2D eigenvalue weighted by molar-refractivity contribution is 5.85.